The van der Waals surface area contributed by atoms with Crippen LogP contribution in [0.15, 0.2) is 46.9 Å². The van der Waals surface area contributed by atoms with Gasteiger partial charge in [0.2, 0.25) is 0 Å². The molecule has 18 heavy (non-hydrogen) atoms. The monoisotopic (exact) mass is 304 g/mol. The first-order valence-electron chi connectivity index (χ1n) is 5.94. The highest BCUT2D eigenvalue weighted by atomic mass is 79.9. The number of para-hydroxylation sites is 1. The Labute approximate surface area is 114 Å². The van der Waals surface area contributed by atoms with Gasteiger partial charge in [-0.15, -0.1) is 0 Å². The lowest BCUT2D eigenvalue weighted by Crippen LogP contribution is -2.02. The van der Waals surface area contributed by atoms with E-state index < -0.39 is 6.10 Å². The number of fused-ring (bicyclic) bond motifs is 1. The minimum absolute atomic E-state index is 0.643. The van der Waals surface area contributed by atoms with E-state index in [1.165, 1.54) is 5.56 Å². The van der Waals surface area contributed by atoms with E-state index in [1.54, 1.807) is 0 Å². The first kappa shape index (κ1) is 11.8. The van der Waals surface area contributed by atoms with E-state index in [9.17, 15) is 5.11 Å². The van der Waals surface area contributed by atoms with Crippen molar-refractivity contribution in [2.75, 3.05) is 6.61 Å². The molecule has 0 fully saturated rings. The van der Waals surface area contributed by atoms with Gasteiger partial charge in [-0.2, -0.15) is 0 Å². The summed E-state index contributed by atoms with van der Waals surface area (Å²) in [5.41, 5.74) is 2.90. The van der Waals surface area contributed by atoms with Gasteiger partial charge in [0.15, 0.2) is 0 Å². The van der Waals surface area contributed by atoms with Crippen molar-refractivity contribution < 1.29 is 9.84 Å². The molecule has 0 amide bonds. The molecule has 0 radical (unpaired) electrons. The van der Waals surface area contributed by atoms with Crippen LogP contribution >= 0.6 is 15.9 Å². The second kappa shape index (κ2) is 4.75. The lowest BCUT2D eigenvalue weighted by molar-refractivity contribution is 0.213. The highest BCUT2D eigenvalue weighted by Crippen LogP contribution is 2.36. The van der Waals surface area contributed by atoms with Gasteiger partial charge in [-0.05, 0) is 23.3 Å². The van der Waals surface area contributed by atoms with Gasteiger partial charge in [0, 0.05) is 16.5 Å². The molecular formula is C15H13BrO2. The Kier molecular flexibility index (Phi) is 3.10. The van der Waals surface area contributed by atoms with Gasteiger partial charge >= 0.3 is 0 Å². The van der Waals surface area contributed by atoms with Crippen LogP contribution in [0.3, 0.4) is 0 Å². The van der Waals surface area contributed by atoms with Crippen LogP contribution in [0.1, 0.15) is 22.8 Å². The zero-order chi connectivity index (χ0) is 12.5. The second-order valence-electron chi connectivity index (χ2n) is 4.39. The molecule has 1 N–H and O–H groups in total. The number of aliphatic hydroxyl groups is 1. The molecular weight excluding hydrogens is 292 g/mol. The van der Waals surface area contributed by atoms with E-state index in [0.29, 0.717) is 6.61 Å². The summed E-state index contributed by atoms with van der Waals surface area (Å²) < 4.78 is 6.60. The summed E-state index contributed by atoms with van der Waals surface area (Å²) in [6.45, 7) is 0.706. The van der Waals surface area contributed by atoms with Crippen molar-refractivity contribution >= 4 is 15.9 Å². The molecule has 1 aliphatic rings. The summed E-state index contributed by atoms with van der Waals surface area (Å²) in [6.07, 6.45) is 0.282. The maximum Gasteiger partial charge on any atom is 0.128 e. The van der Waals surface area contributed by atoms with Crippen molar-refractivity contribution in [3.63, 3.8) is 0 Å². The van der Waals surface area contributed by atoms with Crippen LogP contribution in [-0.4, -0.2) is 11.7 Å². The van der Waals surface area contributed by atoms with Crippen LogP contribution in [0.25, 0.3) is 0 Å². The van der Waals surface area contributed by atoms with Gasteiger partial charge in [0.1, 0.15) is 11.9 Å². The second-order valence-corrected chi connectivity index (χ2v) is 5.31. The molecule has 1 unspecified atom stereocenters. The number of benzene rings is 2. The molecule has 0 aliphatic carbocycles. The summed E-state index contributed by atoms with van der Waals surface area (Å²) in [7, 11) is 0. The lowest BCUT2D eigenvalue weighted by Gasteiger charge is -2.15. The Balaban J connectivity index is 2.03. The summed E-state index contributed by atoms with van der Waals surface area (Å²) in [5.74, 6) is 0.852. The highest BCUT2D eigenvalue weighted by Gasteiger charge is 2.21. The zero-order valence-electron chi connectivity index (χ0n) is 9.77. The molecule has 0 spiro atoms. The molecule has 1 atom stereocenters. The highest BCUT2D eigenvalue weighted by molar-refractivity contribution is 9.10. The first-order chi connectivity index (χ1) is 8.75. The number of aliphatic hydroxyl groups excluding tert-OH is 1. The molecule has 2 aromatic rings. The van der Waals surface area contributed by atoms with Crippen molar-refractivity contribution in [2.24, 2.45) is 0 Å². The fourth-order valence-electron chi connectivity index (χ4n) is 2.31. The van der Waals surface area contributed by atoms with Crippen molar-refractivity contribution in [2.45, 2.75) is 12.5 Å². The first-order valence-corrected chi connectivity index (χ1v) is 6.73. The summed E-state index contributed by atoms with van der Waals surface area (Å²) in [5, 5.41) is 10.5. The third kappa shape index (κ3) is 2.04. The fraction of sp³-hybridized carbons (Fsp3) is 0.200. The molecule has 3 heteroatoms. The van der Waals surface area contributed by atoms with E-state index in [0.717, 1.165) is 27.8 Å². The standard InChI is InChI=1S/C15H13BrO2/c16-12-5-1-4-11(9-12)14(17)13-6-2-3-10-7-8-18-15(10)13/h1-6,9,14,17H,7-8H2. The van der Waals surface area contributed by atoms with Crippen molar-refractivity contribution in [3.05, 3.63) is 63.6 Å². The van der Waals surface area contributed by atoms with Gasteiger partial charge in [-0.25, -0.2) is 0 Å². The van der Waals surface area contributed by atoms with Crippen LogP contribution in [0.2, 0.25) is 0 Å². The van der Waals surface area contributed by atoms with Crippen LogP contribution < -0.4 is 4.74 Å². The summed E-state index contributed by atoms with van der Waals surface area (Å²) in [4.78, 5) is 0. The van der Waals surface area contributed by atoms with Gasteiger partial charge < -0.3 is 9.84 Å². The normalized spacial score (nSPS) is 15.0. The largest absolute Gasteiger partial charge is 0.493 e. The predicted octanol–water partition coefficient (Wildman–Crippen LogP) is 3.47. The van der Waals surface area contributed by atoms with E-state index >= 15 is 0 Å². The van der Waals surface area contributed by atoms with Gasteiger partial charge in [-0.1, -0.05) is 46.3 Å². The van der Waals surface area contributed by atoms with E-state index in [-0.39, 0.29) is 0 Å². The topological polar surface area (TPSA) is 29.5 Å². The van der Waals surface area contributed by atoms with Crippen molar-refractivity contribution in [1.82, 2.24) is 0 Å². The number of hydrogen-bond acceptors (Lipinski definition) is 2. The number of rotatable bonds is 2. The quantitative estimate of drug-likeness (QED) is 0.920. The molecule has 92 valence electrons. The Morgan fingerprint density at radius 2 is 2.00 bits per heavy atom. The maximum absolute atomic E-state index is 10.5. The third-order valence-corrected chi connectivity index (χ3v) is 3.70. The van der Waals surface area contributed by atoms with Gasteiger partial charge in [0.25, 0.3) is 0 Å². The summed E-state index contributed by atoms with van der Waals surface area (Å²) in [6, 6.07) is 13.7. The molecule has 2 aromatic carbocycles. The number of ether oxygens (including phenoxy) is 1. The number of hydrogen-bond donors (Lipinski definition) is 1. The third-order valence-electron chi connectivity index (χ3n) is 3.20. The van der Waals surface area contributed by atoms with Gasteiger partial charge in [0.05, 0.1) is 6.61 Å². The van der Waals surface area contributed by atoms with Crippen molar-refractivity contribution in [3.8, 4) is 5.75 Å². The molecule has 1 heterocycles. The van der Waals surface area contributed by atoms with E-state index in [1.807, 2.05) is 36.4 Å². The smallest absolute Gasteiger partial charge is 0.128 e. The SMILES string of the molecule is OC(c1cccc(Br)c1)c1cccc2c1OCC2. The van der Waals surface area contributed by atoms with Crippen LogP contribution in [-0.2, 0) is 6.42 Å². The minimum Gasteiger partial charge on any atom is -0.493 e. The maximum atomic E-state index is 10.5. The fourth-order valence-corrected chi connectivity index (χ4v) is 2.73. The van der Waals surface area contributed by atoms with E-state index in [4.69, 9.17) is 4.74 Å². The van der Waals surface area contributed by atoms with E-state index in [2.05, 4.69) is 22.0 Å². The molecule has 0 aromatic heterocycles. The molecule has 0 saturated heterocycles. The van der Waals surface area contributed by atoms with Crippen LogP contribution in [0.5, 0.6) is 5.75 Å². The average molecular weight is 305 g/mol. The molecule has 0 bridgehead atoms. The Morgan fingerprint density at radius 1 is 1.17 bits per heavy atom. The summed E-state index contributed by atoms with van der Waals surface area (Å²) >= 11 is 3.42. The zero-order valence-corrected chi connectivity index (χ0v) is 11.4. The average Bonchev–Trinajstić information content (AvgIpc) is 2.86. The Morgan fingerprint density at radius 3 is 2.83 bits per heavy atom. The Bertz CT molecular complexity index is 580. The lowest BCUT2D eigenvalue weighted by atomic mass is 9.98. The molecule has 2 nitrogen and oxygen atoms in total. The molecule has 3 rings (SSSR count). The molecule has 1 aliphatic heterocycles. The number of halogens is 1. The van der Waals surface area contributed by atoms with Crippen LogP contribution in [0.4, 0.5) is 0 Å². The Hall–Kier alpha value is -1.32. The van der Waals surface area contributed by atoms with Crippen LogP contribution in [0, 0.1) is 0 Å². The van der Waals surface area contributed by atoms with Crippen molar-refractivity contribution in [1.29, 1.82) is 0 Å². The minimum atomic E-state index is -0.643. The predicted molar refractivity (Wildman–Crippen MR) is 73.8 cm³/mol. The van der Waals surface area contributed by atoms with Gasteiger partial charge in [-0.3, -0.25) is 0 Å². The molecule has 0 saturated carbocycles.